The Kier molecular flexibility index (Phi) is 3.34. The second kappa shape index (κ2) is 4.12. The molecule has 0 spiro atoms. The van der Waals surface area contributed by atoms with Gasteiger partial charge in [-0.05, 0) is 25.2 Å². The number of aliphatic carboxylic acids is 1. The number of hydrogen-bond donors (Lipinski definition) is 1. The van der Waals surface area contributed by atoms with Gasteiger partial charge < -0.3 is 5.11 Å². The van der Waals surface area contributed by atoms with Crippen molar-refractivity contribution in [2.24, 2.45) is 11.3 Å². The molecule has 1 aliphatic rings. The molecule has 0 aliphatic heterocycles. The first-order valence-electron chi connectivity index (χ1n) is 5.37. The highest BCUT2D eigenvalue weighted by molar-refractivity contribution is 5.75. The van der Waals surface area contributed by atoms with Crippen LogP contribution in [0.1, 0.15) is 52.4 Å². The second-order valence-corrected chi connectivity index (χ2v) is 4.36. The van der Waals surface area contributed by atoms with Crippen LogP contribution in [-0.2, 0) is 4.79 Å². The summed E-state index contributed by atoms with van der Waals surface area (Å²) in [6, 6.07) is 0. The van der Waals surface area contributed by atoms with Gasteiger partial charge in [0, 0.05) is 0 Å². The molecule has 2 nitrogen and oxygen atoms in total. The Morgan fingerprint density at radius 1 is 1.46 bits per heavy atom. The summed E-state index contributed by atoms with van der Waals surface area (Å²) in [6.07, 6.45) is 6.12. The van der Waals surface area contributed by atoms with Gasteiger partial charge in [-0.25, -0.2) is 0 Å². The van der Waals surface area contributed by atoms with E-state index in [9.17, 15) is 9.90 Å². The molecule has 1 unspecified atom stereocenters. The average Bonchev–Trinajstić information content (AvgIpc) is 2.53. The molecule has 1 N–H and O–H groups in total. The summed E-state index contributed by atoms with van der Waals surface area (Å²) >= 11 is 0. The molecule has 0 aromatic carbocycles. The zero-order chi connectivity index (χ0) is 9.90. The highest BCUT2D eigenvalue weighted by Gasteiger charge is 2.45. The van der Waals surface area contributed by atoms with Crippen molar-refractivity contribution < 1.29 is 9.90 Å². The Hall–Kier alpha value is -0.530. The van der Waals surface area contributed by atoms with Gasteiger partial charge in [-0.15, -0.1) is 0 Å². The van der Waals surface area contributed by atoms with Crippen molar-refractivity contribution in [2.45, 2.75) is 52.4 Å². The molecule has 13 heavy (non-hydrogen) atoms. The summed E-state index contributed by atoms with van der Waals surface area (Å²) in [5.74, 6) is -0.219. The predicted octanol–water partition coefficient (Wildman–Crippen LogP) is 3.07. The zero-order valence-electron chi connectivity index (χ0n) is 8.68. The molecule has 2 heteroatoms. The highest BCUT2D eigenvalue weighted by atomic mass is 16.4. The van der Waals surface area contributed by atoms with E-state index in [1.54, 1.807) is 0 Å². The zero-order valence-corrected chi connectivity index (χ0v) is 8.68. The molecule has 0 amide bonds. The highest BCUT2D eigenvalue weighted by Crippen LogP contribution is 2.46. The van der Waals surface area contributed by atoms with Gasteiger partial charge in [0.05, 0.1) is 5.41 Å². The van der Waals surface area contributed by atoms with E-state index in [1.165, 1.54) is 0 Å². The van der Waals surface area contributed by atoms with Crippen LogP contribution >= 0.6 is 0 Å². The average molecular weight is 184 g/mol. The molecule has 0 aromatic rings. The van der Waals surface area contributed by atoms with Crippen LogP contribution < -0.4 is 0 Å². The number of carbonyl (C=O) groups is 1. The van der Waals surface area contributed by atoms with Crippen molar-refractivity contribution in [1.82, 2.24) is 0 Å². The minimum Gasteiger partial charge on any atom is -0.481 e. The molecule has 1 atom stereocenters. The maximum Gasteiger partial charge on any atom is 0.309 e. The van der Waals surface area contributed by atoms with E-state index in [2.05, 4.69) is 13.8 Å². The number of carboxylic acid groups (broad SMARTS) is 1. The summed E-state index contributed by atoms with van der Waals surface area (Å²) < 4.78 is 0. The molecule has 1 aliphatic carbocycles. The quantitative estimate of drug-likeness (QED) is 0.729. The Bertz CT molecular complexity index is 181. The Balaban J connectivity index is 2.71. The molecular weight excluding hydrogens is 164 g/mol. The Morgan fingerprint density at radius 2 is 2.00 bits per heavy atom. The van der Waals surface area contributed by atoms with Crippen LogP contribution in [0, 0.1) is 11.3 Å². The monoisotopic (exact) mass is 184 g/mol. The van der Waals surface area contributed by atoms with E-state index in [0.717, 1.165) is 38.5 Å². The van der Waals surface area contributed by atoms with Crippen molar-refractivity contribution in [3.63, 3.8) is 0 Å². The van der Waals surface area contributed by atoms with Gasteiger partial charge in [0.15, 0.2) is 0 Å². The molecule has 0 heterocycles. The van der Waals surface area contributed by atoms with Crippen LogP contribution in [0.2, 0.25) is 0 Å². The summed E-state index contributed by atoms with van der Waals surface area (Å²) in [5.41, 5.74) is -0.379. The van der Waals surface area contributed by atoms with E-state index < -0.39 is 5.97 Å². The van der Waals surface area contributed by atoms with E-state index >= 15 is 0 Å². The predicted molar refractivity (Wildman–Crippen MR) is 52.6 cm³/mol. The fourth-order valence-corrected chi connectivity index (χ4v) is 2.63. The maximum atomic E-state index is 11.2. The second-order valence-electron chi connectivity index (χ2n) is 4.36. The van der Waals surface area contributed by atoms with Gasteiger partial charge in [0.25, 0.3) is 0 Å². The third kappa shape index (κ3) is 1.87. The number of carboxylic acids is 1. The van der Waals surface area contributed by atoms with Crippen molar-refractivity contribution in [3.05, 3.63) is 0 Å². The summed E-state index contributed by atoms with van der Waals surface area (Å²) in [6.45, 7) is 4.23. The molecule has 0 aromatic heterocycles. The van der Waals surface area contributed by atoms with Crippen LogP contribution in [-0.4, -0.2) is 11.1 Å². The molecule has 0 saturated heterocycles. The van der Waals surface area contributed by atoms with Crippen molar-refractivity contribution >= 4 is 5.97 Å². The van der Waals surface area contributed by atoms with E-state index in [0.29, 0.717) is 5.92 Å². The molecule has 1 rings (SSSR count). The van der Waals surface area contributed by atoms with Gasteiger partial charge in [-0.3, -0.25) is 4.79 Å². The first kappa shape index (κ1) is 10.6. The topological polar surface area (TPSA) is 37.3 Å². The minimum atomic E-state index is -0.564. The number of hydrogen-bond acceptors (Lipinski definition) is 1. The van der Waals surface area contributed by atoms with Crippen LogP contribution in [0.25, 0.3) is 0 Å². The molecule has 0 radical (unpaired) electrons. The minimum absolute atomic E-state index is 0.345. The van der Waals surface area contributed by atoms with Gasteiger partial charge in [0.1, 0.15) is 0 Å². The van der Waals surface area contributed by atoms with Gasteiger partial charge in [0.2, 0.25) is 0 Å². The van der Waals surface area contributed by atoms with E-state index in [4.69, 9.17) is 0 Å². The van der Waals surface area contributed by atoms with Gasteiger partial charge >= 0.3 is 5.97 Å². The van der Waals surface area contributed by atoms with Gasteiger partial charge in [-0.2, -0.15) is 0 Å². The van der Waals surface area contributed by atoms with Crippen LogP contribution in [0.3, 0.4) is 0 Å². The SMILES string of the molecule is CCCC(C)C1(C(=O)O)CCCC1. The summed E-state index contributed by atoms with van der Waals surface area (Å²) in [4.78, 5) is 11.2. The lowest BCUT2D eigenvalue weighted by molar-refractivity contribution is -0.152. The standard InChI is InChI=1S/C11H20O2/c1-3-6-9(2)11(10(12)13)7-4-5-8-11/h9H,3-8H2,1-2H3,(H,12,13). The van der Waals surface area contributed by atoms with Crippen molar-refractivity contribution in [2.75, 3.05) is 0 Å². The normalized spacial score (nSPS) is 22.9. The lowest BCUT2D eigenvalue weighted by Gasteiger charge is -2.30. The molecule has 1 saturated carbocycles. The maximum absolute atomic E-state index is 11.2. The van der Waals surface area contributed by atoms with E-state index in [1.807, 2.05) is 0 Å². The number of rotatable bonds is 4. The van der Waals surface area contributed by atoms with Gasteiger partial charge in [-0.1, -0.05) is 33.1 Å². The van der Waals surface area contributed by atoms with Crippen LogP contribution in [0.4, 0.5) is 0 Å². The summed E-state index contributed by atoms with van der Waals surface area (Å²) in [7, 11) is 0. The molecular formula is C11H20O2. The Morgan fingerprint density at radius 3 is 2.38 bits per heavy atom. The lowest BCUT2D eigenvalue weighted by Crippen LogP contribution is -2.34. The summed E-state index contributed by atoms with van der Waals surface area (Å²) in [5, 5.41) is 9.26. The fourth-order valence-electron chi connectivity index (χ4n) is 2.63. The smallest absolute Gasteiger partial charge is 0.309 e. The molecule has 1 fully saturated rings. The lowest BCUT2D eigenvalue weighted by atomic mass is 9.73. The van der Waals surface area contributed by atoms with Crippen LogP contribution in [0.5, 0.6) is 0 Å². The molecule has 76 valence electrons. The molecule has 0 bridgehead atoms. The first-order chi connectivity index (χ1) is 6.13. The van der Waals surface area contributed by atoms with Crippen molar-refractivity contribution in [3.8, 4) is 0 Å². The Labute approximate surface area is 80.3 Å². The largest absolute Gasteiger partial charge is 0.481 e. The fraction of sp³-hybridized carbons (Fsp3) is 0.909. The third-order valence-corrected chi connectivity index (χ3v) is 3.59. The van der Waals surface area contributed by atoms with Crippen molar-refractivity contribution in [1.29, 1.82) is 0 Å². The first-order valence-corrected chi connectivity index (χ1v) is 5.37. The third-order valence-electron chi connectivity index (χ3n) is 3.59. The van der Waals surface area contributed by atoms with E-state index in [-0.39, 0.29) is 5.41 Å². The van der Waals surface area contributed by atoms with Crippen LogP contribution in [0.15, 0.2) is 0 Å².